The van der Waals surface area contributed by atoms with Gasteiger partial charge in [0.1, 0.15) is 0 Å². The van der Waals surface area contributed by atoms with Crippen LogP contribution in [0.4, 0.5) is 10.1 Å². The summed E-state index contributed by atoms with van der Waals surface area (Å²) in [7, 11) is 0. The first kappa shape index (κ1) is 12.3. The topological polar surface area (TPSA) is 24.9 Å². The third-order valence-electron chi connectivity index (χ3n) is 2.23. The lowest BCUT2D eigenvalue weighted by molar-refractivity contribution is 0.584. The molecule has 2 rings (SSSR count). The maximum Gasteiger partial charge on any atom is 0.212 e. The molecule has 0 fully saturated rings. The minimum absolute atomic E-state index is 0.483. The fourth-order valence-corrected chi connectivity index (χ4v) is 2.17. The number of benzene rings is 1. The highest BCUT2D eigenvalue weighted by Crippen LogP contribution is 2.22. The second-order valence-electron chi connectivity index (χ2n) is 3.46. The predicted molar refractivity (Wildman–Crippen MR) is 70.7 cm³/mol. The molecule has 2 aromatic rings. The van der Waals surface area contributed by atoms with Gasteiger partial charge in [0.15, 0.2) is 0 Å². The molecule has 0 aliphatic carbocycles. The molecule has 0 aliphatic rings. The van der Waals surface area contributed by atoms with E-state index in [4.69, 9.17) is 11.6 Å². The van der Waals surface area contributed by atoms with Gasteiger partial charge in [0.05, 0.1) is 11.9 Å². The molecule has 0 spiro atoms. The lowest BCUT2D eigenvalue weighted by atomic mass is 10.2. The summed E-state index contributed by atoms with van der Waals surface area (Å²) in [6.45, 7) is 0.616. The molecule has 0 radical (unpaired) electrons. The van der Waals surface area contributed by atoms with Crippen molar-refractivity contribution in [3.05, 3.63) is 57.5 Å². The molecule has 1 heterocycles. The van der Waals surface area contributed by atoms with Crippen LogP contribution >= 0.6 is 27.5 Å². The quantitative estimate of drug-likeness (QED) is 0.857. The molecular formula is C12H9BrClFN2. The number of nitrogens with zero attached hydrogens (tertiary/aromatic N) is 1. The normalized spacial score (nSPS) is 10.3. The minimum atomic E-state index is -0.483. The first-order chi connectivity index (χ1) is 8.15. The fraction of sp³-hybridized carbons (Fsp3) is 0.0833. The maximum atomic E-state index is 12.6. The molecule has 5 heteroatoms. The molecule has 0 amide bonds. The van der Waals surface area contributed by atoms with Gasteiger partial charge in [0.2, 0.25) is 5.95 Å². The van der Waals surface area contributed by atoms with Gasteiger partial charge < -0.3 is 5.32 Å². The maximum absolute atomic E-state index is 12.6. The van der Waals surface area contributed by atoms with Crippen LogP contribution in [0, 0.1) is 5.95 Å². The van der Waals surface area contributed by atoms with E-state index in [1.807, 2.05) is 18.2 Å². The van der Waals surface area contributed by atoms with Crippen LogP contribution in [0.3, 0.4) is 0 Å². The van der Waals surface area contributed by atoms with Gasteiger partial charge in [-0.1, -0.05) is 33.6 Å². The summed E-state index contributed by atoms with van der Waals surface area (Å²) >= 11 is 9.28. The summed E-state index contributed by atoms with van der Waals surface area (Å²) in [5.41, 5.74) is 1.84. The molecule has 0 bridgehead atoms. The van der Waals surface area contributed by atoms with Gasteiger partial charge in [-0.25, -0.2) is 4.98 Å². The number of rotatable bonds is 3. The monoisotopic (exact) mass is 314 g/mol. The van der Waals surface area contributed by atoms with E-state index in [1.54, 1.807) is 6.07 Å². The second-order valence-corrected chi connectivity index (χ2v) is 4.75. The standard InChI is InChI=1S/C12H9BrClFN2/c13-11-5-9(14)2-1-8(11)6-16-10-3-4-12(15)17-7-10/h1-5,7,16H,6H2. The van der Waals surface area contributed by atoms with Crippen molar-refractivity contribution in [2.45, 2.75) is 6.54 Å². The van der Waals surface area contributed by atoms with Crippen molar-refractivity contribution >= 4 is 33.2 Å². The summed E-state index contributed by atoms with van der Waals surface area (Å²) in [5, 5.41) is 3.83. The van der Waals surface area contributed by atoms with Crippen molar-refractivity contribution in [3.8, 4) is 0 Å². The summed E-state index contributed by atoms with van der Waals surface area (Å²) in [6, 6.07) is 8.55. The summed E-state index contributed by atoms with van der Waals surface area (Å²) < 4.78 is 13.5. The van der Waals surface area contributed by atoms with Crippen LogP contribution < -0.4 is 5.32 Å². The smallest absolute Gasteiger partial charge is 0.212 e. The highest BCUT2D eigenvalue weighted by Gasteiger charge is 2.01. The largest absolute Gasteiger partial charge is 0.380 e. The third-order valence-corrected chi connectivity index (χ3v) is 3.20. The van der Waals surface area contributed by atoms with Gasteiger partial charge in [-0.05, 0) is 29.8 Å². The van der Waals surface area contributed by atoms with Gasteiger partial charge in [-0.2, -0.15) is 4.39 Å². The van der Waals surface area contributed by atoms with E-state index in [0.717, 1.165) is 15.7 Å². The molecule has 0 saturated heterocycles. The Hall–Kier alpha value is -1.13. The molecule has 0 atom stereocenters. The van der Waals surface area contributed by atoms with Crippen LogP contribution in [0.5, 0.6) is 0 Å². The Kier molecular flexibility index (Phi) is 3.97. The molecule has 1 aromatic carbocycles. The van der Waals surface area contributed by atoms with Gasteiger partial charge >= 0.3 is 0 Å². The van der Waals surface area contributed by atoms with Crippen molar-refractivity contribution in [1.82, 2.24) is 4.98 Å². The van der Waals surface area contributed by atoms with E-state index in [1.165, 1.54) is 12.3 Å². The van der Waals surface area contributed by atoms with E-state index >= 15 is 0 Å². The van der Waals surface area contributed by atoms with Crippen LogP contribution in [0.15, 0.2) is 41.0 Å². The molecular weight excluding hydrogens is 307 g/mol. The number of hydrogen-bond acceptors (Lipinski definition) is 2. The Labute approximate surface area is 112 Å². The lowest BCUT2D eigenvalue weighted by Gasteiger charge is -2.08. The van der Waals surface area contributed by atoms with Crippen molar-refractivity contribution in [3.63, 3.8) is 0 Å². The Morgan fingerprint density at radius 2 is 2.12 bits per heavy atom. The van der Waals surface area contributed by atoms with E-state index < -0.39 is 5.95 Å². The zero-order chi connectivity index (χ0) is 12.3. The van der Waals surface area contributed by atoms with Crippen molar-refractivity contribution in [2.75, 3.05) is 5.32 Å². The zero-order valence-electron chi connectivity index (χ0n) is 8.75. The molecule has 0 aliphatic heterocycles. The SMILES string of the molecule is Fc1ccc(NCc2ccc(Cl)cc2Br)cn1. The Morgan fingerprint density at radius 1 is 1.29 bits per heavy atom. The highest BCUT2D eigenvalue weighted by atomic mass is 79.9. The molecule has 1 aromatic heterocycles. The first-order valence-corrected chi connectivity index (χ1v) is 6.11. The van der Waals surface area contributed by atoms with E-state index in [0.29, 0.717) is 11.6 Å². The zero-order valence-corrected chi connectivity index (χ0v) is 11.1. The number of anilines is 1. The number of aromatic nitrogens is 1. The van der Waals surface area contributed by atoms with Crippen LogP contribution in [-0.2, 0) is 6.54 Å². The fourth-order valence-electron chi connectivity index (χ4n) is 1.34. The minimum Gasteiger partial charge on any atom is -0.380 e. The average Bonchev–Trinajstić information content (AvgIpc) is 2.30. The van der Waals surface area contributed by atoms with E-state index in [-0.39, 0.29) is 0 Å². The summed E-state index contributed by atoms with van der Waals surface area (Å²) in [5.74, 6) is -0.483. The third kappa shape index (κ3) is 3.41. The van der Waals surface area contributed by atoms with Crippen LogP contribution in [0.2, 0.25) is 5.02 Å². The van der Waals surface area contributed by atoms with Gasteiger partial charge in [0.25, 0.3) is 0 Å². The highest BCUT2D eigenvalue weighted by molar-refractivity contribution is 9.10. The predicted octanol–water partition coefficient (Wildman–Crippen LogP) is 4.25. The van der Waals surface area contributed by atoms with Gasteiger partial charge in [0, 0.05) is 16.0 Å². The van der Waals surface area contributed by atoms with Crippen LogP contribution in [0.25, 0.3) is 0 Å². The number of halogens is 3. The Bertz CT molecular complexity index is 516. The van der Waals surface area contributed by atoms with Crippen molar-refractivity contribution in [1.29, 1.82) is 0 Å². The number of pyridine rings is 1. The molecule has 17 heavy (non-hydrogen) atoms. The lowest BCUT2D eigenvalue weighted by Crippen LogP contribution is -2.00. The molecule has 0 saturated carbocycles. The number of hydrogen-bond donors (Lipinski definition) is 1. The number of nitrogens with one attached hydrogen (secondary N) is 1. The van der Waals surface area contributed by atoms with E-state index in [2.05, 4.69) is 26.2 Å². The van der Waals surface area contributed by atoms with Crippen molar-refractivity contribution < 1.29 is 4.39 Å². The molecule has 0 unspecified atom stereocenters. The van der Waals surface area contributed by atoms with Crippen LogP contribution in [0.1, 0.15) is 5.56 Å². The molecule has 1 N–H and O–H groups in total. The summed E-state index contributed by atoms with van der Waals surface area (Å²) in [4.78, 5) is 3.57. The Balaban J connectivity index is 2.04. The molecule has 2 nitrogen and oxygen atoms in total. The summed E-state index contributed by atoms with van der Waals surface area (Å²) in [6.07, 6.45) is 1.46. The van der Waals surface area contributed by atoms with Gasteiger partial charge in [-0.3, -0.25) is 0 Å². The first-order valence-electron chi connectivity index (χ1n) is 4.94. The molecule has 88 valence electrons. The Morgan fingerprint density at radius 3 is 2.76 bits per heavy atom. The van der Waals surface area contributed by atoms with Crippen LogP contribution in [-0.4, -0.2) is 4.98 Å². The van der Waals surface area contributed by atoms with Crippen molar-refractivity contribution in [2.24, 2.45) is 0 Å². The van der Waals surface area contributed by atoms with Gasteiger partial charge in [-0.15, -0.1) is 0 Å². The second kappa shape index (κ2) is 5.47. The average molecular weight is 316 g/mol. The van der Waals surface area contributed by atoms with E-state index in [9.17, 15) is 4.39 Å².